The van der Waals surface area contributed by atoms with Gasteiger partial charge in [-0.25, -0.2) is 13.1 Å². The van der Waals surface area contributed by atoms with Crippen LogP contribution in [-0.4, -0.2) is 30.6 Å². The molecule has 2 N–H and O–H groups in total. The number of hydrogen-bond acceptors (Lipinski definition) is 7. The van der Waals surface area contributed by atoms with Crippen LogP contribution in [0.1, 0.15) is 29.8 Å². The van der Waals surface area contributed by atoms with E-state index in [9.17, 15) is 13.2 Å². The van der Waals surface area contributed by atoms with Gasteiger partial charge in [0.05, 0.1) is 6.10 Å². The standard InChI is InChI=1S/C19H20N4O4S2/c1-13(2)27-16-10-6-7-14(11-16)12-20-29(25,26)19-23-22-18(28-19)21-17(24)15-8-4-3-5-9-15/h3-11,13,20H,12H2,1-2H3,(H,21,22,24). The zero-order chi connectivity index (χ0) is 20.9. The molecule has 0 bridgehead atoms. The highest BCUT2D eigenvalue weighted by Crippen LogP contribution is 2.21. The Kier molecular flexibility index (Phi) is 6.57. The van der Waals surface area contributed by atoms with Gasteiger partial charge in [-0.15, -0.1) is 10.2 Å². The second-order valence-corrected chi connectivity index (χ2v) is 9.25. The quantitative estimate of drug-likeness (QED) is 0.530. The van der Waals surface area contributed by atoms with Gasteiger partial charge in [0.1, 0.15) is 5.75 Å². The molecule has 2 aromatic carbocycles. The van der Waals surface area contributed by atoms with Crippen molar-refractivity contribution >= 4 is 32.4 Å². The van der Waals surface area contributed by atoms with Crippen molar-refractivity contribution in [2.45, 2.75) is 30.8 Å². The Balaban J connectivity index is 1.64. The van der Waals surface area contributed by atoms with Crippen molar-refractivity contribution in [3.05, 3.63) is 65.7 Å². The Morgan fingerprint density at radius 3 is 2.59 bits per heavy atom. The molecule has 1 heterocycles. The molecule has 0 spiro atoms. The Morgan fingerprint density at radius 2 is 1.86 bits per heavy atom. The molecule has 0 unspecified atom stereocenters. The van der Waals surface area contributed by atoms with Crippen molar-refractivity contribution in [2.24, 2.45) is 0 Å². The van der Waals surface area contributed by atoms with E-state index in [1.54, 1.807) is 48.5 Å². The first-order valence-corrected chi connectivity index (χ1v) is 11.1. The molecule has 0 atom stereocenters. The van der Waals surface area contributed by atoms with E-state index in [2.05, 4.69) is 20.2 Å². The minimum atomic E-state index is -3.87. The van der Waals surface area contributed by atoms with Crippen LogP contribution in [0.3, 0.4) is 0 Å². The Hall–Kier alpha value is -2.82. The van der Waals surface area contributed by atoms with Crippen LogP contribution in [0, 0.1) is 0 Å². The maximum atomic E-state index is 12.5. The second-order valence-electron chi connectivity index (χ2n) is 6.33. The van der Waals surface area contributed by atoms with Gasteiger partial charge in [0, 0.05) is 12.1 Å². The van der Waals surface area contributed by atoms with Crippen molar-refractivity contribution in [3.8, 4) is 5.75 Å². The number of anilines is 1. The van der Waals surface area contributed by atoms with Gasteiger partial charge in [0.15, 0.2) is 0 Å². The highest BCUT2D eigenvalue weighted by atomic mass is 32.2. The first-order chi connectivity index (χ1) is 13.8. The number of rotatable bonds is 8. The van der Waals surface area contributed by atoms with E-state index in [1.165, 1.54) is 0 Å². The van der Waals surface area contributed by atoms with E-state index >= 15 is 0 Å². The fourth-order valence-corrected chi connectivity index (χ4v) is 4.32. The Labute approximate surface area is 173 Å². The lowest BCUT2D eigenvalue weighted by atomic mass is 10.2. The topological polar surface area (TPSA) is 110 Å². The van der Waals surface area contributed by atoms with Gasteiger partial charge in [0.25, 0.3) is 15.9 Å². The van der Waals surface area contributed by atoms with Crippen LogP contribution in [0.25, 0.3) is 0 Å². The summed E-state index contributed by atoms with van der Waals surface area (Å²) in [6.45, 7) is 3.90. The van der Waals surface area contributed by atoms with E-state index in [0.717, 1.165) is 16.9 Å². The molecule has 0 aliphatic carbocycles. The van der Waals surface area contributed by atoms with Gasteiger partial charge in [-0.2, -0.15) is 0 Å². The van der Waals surface area contributed by atoms with E-state index in [0.29, 0.717) is 11.3 Å². The Morgan fingerprint density at radius 1 is 1.10 bits per heavy atom. The van der Waals surface area contributed by atoms with Crippen LogP contribution >= 0.6 is 11.3 Å². The minimum absolute atomic E-state index is 0.0212. The summed E-state index contributed by atoms with van der Waals surface area (Å²) in [5, 5.41) is 10.1. The SMILES string of the molecule is CC(C)Oc1cccc(CNS(=O)(=O)c2nnc(NC(=O)c3ccccc3)s2)c1. The van der Waals surface area contributed by atoms with Gasteiger partial charge in [0.2, 0.25) is 9.47 Å². The molecule has 0 saturated carbocycles. The number of nitrogens with zero attached hydrogens (tertiary/aromatic N) is 2. The highest BCUT2D eigenvalue weighted by Gasteiger charge is 2.21. The number of hydrogen-bond donors (Lipinski definition) is 2. The average Bonchev–Trinajstić information content (AvgIpc) is 3.16. The number of ether oxygens (including phenoxy) is 1. The predicted molar refractivity (Wildman–Crippen MR) is 111 cm³/mol. The van der Waals surface area contributed by atoms with Crippen LogP contribution < -0.4 is 14.8 Å². The predicted octanol–water partition coefficient (Wildman–Crippen LogP) is 3.06. The summed E-state index contributed by atoms with van der Waals surface area (Å²) < 4.78 is 32.8. The summed E-state index contributed by atoms with van der Waals surface area (Å²) in [5.41, 5.74) is 1.18. The van der Waals surface area contributed by atoms with Gasteiger partial charge >= 0.3 is 0 Å². The molecule has 0 saturated heterocycles. The second kappa shape index (κ2) is 9.12. The third-order valence-electron chi connectivity index (χ3n) is 3.63. The number of benzene rings is 2. The molecule has 152 valence electrons. The van der Waals surface area contributed by atoms with Crippen molar-refractivity contribution in [1.82, 2.24) is 14.9 Å². The van der Waals surface area contributed by atoms with Crippen molar-refractivity contribution < 1.29 is 17.9 Å². The number of carbonyl (C=O) groups excluding carboxylic acids is 1. The summed E-state index contributed by atoms with van der Waals surface area (Å²) in [7, 11) is -3.87. The third-order valence-corrected chi connectivity index (χ3v) is 6.24. The average molecular weight is 433 g/mol. The van der Waals surface area contributed by atoms with Gasteiger partial charge < -0.3 is 4.74 Å². The lowest BCUT2D eigenvalue weighted by molar-refractivity contribution is 0.102. The molecule has 1 aromatic heterocycles. The van der Waals surface area contributed by atoms with Crippen LogP contribution in [0.15, 0.2) is 58.9 Å². The summed E-state index contributed by atoms with van der Waals surface area (Å²) in [4.78, 5) is 12.1. The Bertz CT molecular complexity index is 1080. The molecular weight excluding hydrogens is 412 g/mol. The minimum Gasteiger partial charge on any atom is -0.491 e. The van der Waals surface area contributed by atoms with E-state index in [4.69, 9.17) is 4.74 Å². The lowest BCUT2D eigenvalue weighted by Gasteiger charge is -2.11. The molecule has 0 radical (unpaired) electrons. The number of carbonyl (C=O) groups is 1. The third kappa shape index (κ3) is 5.83. The fraction of sp³-hybridized carbons (Fsp3) is 0.211. The van der Waals surface area contributed by atoms with E-state index < -0.39 is 10.0 Å². The molecule has 29 heavy (non-hydrogen) atoms. The molecule has 0 fully saturated rings. The van der Waals surface area contributed by atoms with Gasteiger partial charge in [-0.05, 0) is 43.7 Å². The molecule has 3 aromatic rings. The van der Waals surface area contributed by atoms with Gasteiger partial charge in [-0.1, -0.05) is 41.7 Å². The zero-order valence-corrected chi connectivity index (χ0v) is 17.5. The number of sulfonamides is 1. The summed E-state index contributed by atoms with van der Waals surface area (Å²) in [5.74, 6) is 0.277. The first kappa shape index (κ1) is 20.9. The summed E-state index contributed by atoms with van der Waals surface area (Å²) in [6.07, 6.45) is 0.0212. The monoisotopic (exact) mass is 432 g/mol. The van der Waals surface area contributed by atoms with Crippen LogP contribution in [0.4, 0.5) is 5.13 Å². The maximum absolute atomic E-state index is 12.5. The number of nitrogens with one attached hydrogen (secondary N) is 2. The van der Waals surface area contributed by atoms with Gasteiger partial charge in [-0.3, -0.25) is 10.1 Å². The largest absolute Gasteiger partial charge is 0.491 e. The molecule has 8 nitrogen and oxygen atoms in total. The van der Waals surface area contributed by atoms with Crippen LogP contribution in [0.5, 0.6) is 5.75 Å². The van der Waals surface area contributed by atoms with E-state index in [1.807, 2.05) is 19.9 Å². The summed E-state index contributed by atoms with van der Waals surface area (Å²) in [6, 6.07) is 15.7. The van der Waals surface area contributed by atoms with E-state index in [-0.39, 0.29) is 28.0 Å². The molecule has 1 amide bonds. The van der Waals surface area contributed by atoms with Crippen molar-refractivity contribution in [2.75, 3.05) is 5.32 Å². The lowest BCUT2D eigenvalue weighted by Crippen LogP contribution is -2.23. The molecule has 3 rings (SSSR count). The fourth-order valence-electron chi connectivity index (χ4n) is 2.37. The maximum Gasteiger partial charge on any atom is 0.270 e. The zero-order valence-electron chi connectivity index (χ0n) is 15.8. The molecule has 10 heteroatoms. The number of aromatic nitrogens is 2. The number of amides is 1. The van der Waals surface area contributed by atoms with Crippen molar-refractivity contribution in [3.63, 3.8) is 0 Å². The molecule has 0 aliphatic rings. The normalized spacial score (nSPS) is 11.4. The van der Waals surface area contributed by atoms with Crippen LogP contribution in [0.2, 0.25) is 0 Å². The summed E-state index contributed by atoms with van der Waals surface area (Å²) >= 11 is 0.780. The highest BCUT2D eigenvalue weighted by molar-refractivity contribution is 7.91. The molecule has 0 aliphatic heterocycles. The van der Waals surface area contributed by atoms with Crippen LogP contribution in [-0.2, 0) is 16.6 Å². The smallest absolute Gasteiger partial charge is 0.270 e. The van der Waals surface area contributed by atoms with Crippen molar-refractivity contribution in [1.29, 1.82) is 0 Å². The molecular formula is C19H20N4O4S2. The first-order valence-electron chi connectivity index (χ1n) is 8.78.